The highest BCUT2D eigenvalue weighted by Crippen LogP contribution is 2.41. The minimum atomic E-state index is -0.636. The quantitative estimate of drug-likeness (QED) is 0.412. The maximum Gasteiger partial charge on any atom is 0.269 e. The van der Waals surface area contributed by atoms with Gasteiger partial charge < -0.3 is 10.1 Å². The summed E-state index contributed by atoms with van der Waals surface area (Å²) in [7, 11) is 0. The number of nitrogens with zero attached hydrogens (tertiary/aromatic N) is 2. The molecule has 0 aliphatic carbocycles. The van der Waals surface area contributed by atoms with Crippen molar-refractivity contribution in [3.8, 4) is 6.07 Å². The van der Waals surface area contributed by atoms with E-state index >= 15 is 0 Å². The molecule has 0 saturated carbocycles. The molecule has 1 atom stereocenters. The van der Waals surface area contributed by atoms with Gasteiger partial charge in [-0.25, -0.2) is 0 Å². The second-order valence-electron chi connectivity index (χ2n) is 5.90. The van der Waals surface area contributed by atoms with Crippen molar-refractivity contribution in [3.63, 3.8) is 0 Å². The van der Waals surface area contributed by atoms with E-state index in [1.165, 1.54) is 30.8 Å². The van der Waals surface area contributed by atoms with E-state index in [0.29, 0.717) is 46.4 Å². The molecule has 2 rings (SSSR count). The van der Waals surface area contributed by atoms with Gasteiger partial charge in [0.25, 0.3) is 5.69 Å². The number of carbonyl (C=O) groups excluding carboxylic acids is 1. The first-order valence-corrected chi connectivity index (χ1v) is 9.47. The number of hydrogen-bond acceptors (Lipinski definition) is 7. The van der Waals surface area contributed by atoms with E-state index in [1.807, 2.05) is 6.92 Å². The molecule has 1 heterocycles. The molecule has 0 radical (unpaired) electrons. The number of allylic oxidation sites excluding steroid dienone is 3. The van der Waals surface area contributed by atoms with Gasteiger partial charge in [0.2, 0.25) is 0 Å². The van der Waals surface area contributed by atoms with Crippen LogP contribution in [0.5, 0.6) is 0 Å². The standard InChI is InChI=1S/C19H21N3O4S/c1-4-26-8-9-27-19-16(11-20)18(17(13(3)23)12(2)21-19)14-6-5-7-15(10-14)22(24)25/h5-7,10,18,21H,4,8-9H2,1-3H3/t18-/m1/s1. The second kappa shape index (κ2) is 9.35. The highest BCUT2D eigenvalue weighted by molar-refractivity contribution is 8.03. The summed E-state index contributed by atoms with van der Waals surface area (Å²) in [6.07, 6.45) is 0. The second-order valence-corrected chi connectivity index (χ2v) is 7.01. The highest BCUT2D eigenvalue weighted by atomic mass is 32.2. The predicted molar refractivity (Wildman–Crippen MR) is 104 cm³/mol. The first kappa shape index (κ1) is 20.7. The molecular weight excluding hydrogens is 366 g/mol. The van der Waals surface area contributed by atoms with Crippen LogP contribution in [-0.2, 0) is 9.53 Å². The van der Waals surface area contributed by atoms with E-state index in [4.69, 9.17) is 4.74 Å². The largest absolute Gasteiger partial charge is 0.381 e. The van der Waals surface area contributed by atoms with Crippen LogP contribution in [0.3, 0.4) is 0 Å². The normalized spacial score (nSPS) is 16.7. The lowest BCUT2D eigenvalue weighted by Crippen LogP contribution is -2.27. The third kappa shape index (κ3) is 4.76. The first-order valence-electron chi connectivity index (χ1n) is 8.48. The Kier molecular flexibility index (Phi) is 7.16. The van der Waals surface area contributed by atoms with Crippen LogP contribution in [0.1, 0.15) is 32.3 Å². The lowest BCUT2D eigenvalue weighted by molar-refractivity contribution is -0.384. The van der Waals surface area contributed by atoms with Crippen molar-refractivity contribution in [3.05, 3.63) is 61.8 Å². The first-order chi connectivity index (χ1) is 12.9. The summed E-state index contributed by atoms with van der Waals surface area (Å²) in [5.74, 6) is -0.169. The Labute approximate surface area is 162 Å². The van der Waals surface area contributed by atoms with Crippen molar-refractivity contribution < 1.29 is 14.5 Å². The van der Waals surface area contributed by atoms with Crippen molar-refractivity contribution in [2.24, 2.45) is 0 Å². The molecule has 8 heteroatoms. The van der Waals surface area contributed by atoms with Crippen LogP contribution in [0.25, 0.3) is 0 Å². The van der Waals surface area contributed by atoms with E-state index in [2.05, 4.69) is 11.4 Å². The Balaban J connectivity index is 2.52. The van der Waals surface area contributed by atoms with Gasteiger partial charge >= 0.3 is 0 Å². The van der Waals surface area contributed by atoms with Crippen molar-refractivity contribution in [1.82, 2.24) is 5.32 Å². The van der Waals surface area contributed by atoms with Gasteiger partial charge in [-0.05, 0) is 26.3 Å². The molecule has 0 bridgehead atoms. The minimum absolute atomic E-state index is 0.0746. The van der Waals surface area contributed by atoms with Gasteiger partial charge in [-0.2, -0.15) is 5.26 Å². The number of hydrogen-bond donors (Lipinski definition) is 1. The minimum Gasteiger partial charge on any atom is -0.381 e. The number of Topliss-reactive ketones (excluding diaryl/α,β-unsaturated/α-hetero) is 1. The fourth-order valence-electron chi connectivity index (χ4n) is 2.99. The van der Waals surface area contributed by atoms with Gasteiger partial charge in [0.05, 0.1) is 34.1 Å². The van der Waals surface area contributed by atoms with E-state index < -0.39 is 10.8 Å². The molecule has 1 aromatic carbocycles. The maximum absolute atomic E-state index is 12.3. The smallest absolute Gasteiger partial charge is 0.269 e. The molecule has 0 saturated heterocycles. The number of ketones is 1. The van der Waals surface area contributed by atoms with Gasteiger partial charge in [0, 0.05) is 35.8 Å². The fourth-order valence-corrected chi connectivity index (χ4v) is 3.94. The predicted octanol–water partition coefficient (Wildman–Crippen LogP) is 3.65. The molecule has 0 amide bonds. The monoisotopic (exact) mass is 387 g/mol. The van der Waals surface area contributed by atoms with Gasteiger partial charge in [-0.15, -0.1) is 11.8 Å². The number of ether oxygens (including phenoxy) is 1. The van der Waals surface area contributed by atoms with E-state index in [0.717, 1.165) is 0 Å². The molecule has 27 heavy (non-hydrogen) atoms. The molecule has 1 aliphatic rings. The Morgan fingerprint density at radius 2 is 2.22 bits per heavy atom. The van der Waals surface area contributed by atoms with Crippen molar-refractivity contribution in [1.29, 1.82) is 5.26 Å². The number of carbonyl (C=O) groups is 1. The molecule has 1 aromatic rings. The van der Waals surface area contributed by atoms with E-state index in [9.17, 15) is 20.2 Å². The number of dihydropyridines is 1. The van der Waals surface area contributed by atoms with Crippen molar-refractivity contribution in [2.75, 3.05) is 19.0 Å². The maximum atomic E-state index is 12.3. The molecular formula is C19H21N3O4S. The third-order valence-electron chi connectivity index (χ3n) is 4.12. The van der Waals surface area contributed by atoms with Crippen LogP contribution in [-0.4, -0.2) is 29.7 Å². The lowest BCUT2D eigenvalue weighted by Gasteiger charge is -2.29. The number of rotatable bonds is 8. The molecule has 0 spiro atoms. The SMILES string of the molecule is CCOCCSC1=C(C#N)[C@@H](c2cccc([N+](=O)[O-])c2)C(C(C)=O)=C(C)N1. The third-order valence-corrected chi connectivity index (χ3v) is 5.10. The summed E-state index contributed by atoms with van der Waals surface area (Å²) in [5.41, 5.74) is 1.95. The van der Waals surface area contributed by atoms with Crippen LogP contribution in [0.15, 0.2) is 46.1 Å². The van der Waals surface area contributed by atoms with E-state index in [-0.39, 0.29) is 11.5 Å². The number of thioether (sulfide) groups is 1. The summed E-state index contributed by atoms with van der Waals surface area (Å²) < 4.78 is 5.34. The zero-order chi connectivity index (χ0) is 20.0. The average molecular weight is 387 g/mol. The number of benzene rings is 1. The number of nitrogens with one attached hydrogen (secondary N) is 1. The Morgan fingerprint density at radius 1 is 1.48 bits per heavy atom. The van der Waals surface area contributed by atoms with Gasteiger partial charge in [0.1, 0.15) is 0 Å². The number of non-ortho nitro benzene ring substituents is 1. The van der Waals surface area contributed by atoms with Gasteiger partial charge in [0.15, 0.2) is 5.78 Å². The van der Waals surface area contributed by atoms with Crippen LogP contribution in [0.2, 0.25) is 0 Å². The fraction of sp³-hybridized carbons (Fsp3) is 0.368. The summed E-state index contributed by atoms with van der Waals surface area (Å²) in [5, 5.41) is 24.8. The van der Waals surface area contributed by atoms with Gasteiger partial charge in [-0.1, -0.05) is 12.1 Å². The summed E-state index contributed by atoms with van der Waals surface area (Å²) in [4.78, 5) is 23.0. The van der Waals surface area contributed by atoms with Crippen LogP contribution in [0.4, 0.5) is 5.69 Å². The number of nitro benzene ring substituents is 1. The van der Waals surface area contributed by atoms with Crippen molar-refractivity contribution in [2.45, 2.75) is 26.7 Å². The van der Waals surface area contributed by atoms with Crippen molar-refractivity contribution >= 4 is 23.2 Å². The average Bonchev–Trinajstić information content (AvgIpc) is 2.64. The van der Waals surface area contributed by atoms with Crippen LogP contribution < -0.4 is 5.32 Å². The Morgan fingerprint density at radius 3 is 2.81 bits per heavy atom. The van der Waals surface area contributed by atoms with Crippen LogP contribution >= 0.6 is 11.8 Å². The summed E-state index contributed by atoms with van der Waals surface area (Å²) >= 11 is 1.44. The zero-order valence-electron chi connectivity index (χ0n) is 15.4. The number of nitro groups is 1. The Hall–Kier alpha value is -2.63. The highest BCUT2D eigenvalue weighted by Gasteiger charge is 2.33. The molecule has 142 valence electrons. The molecule has 0 fully saturated rings. The Bertz CT molecular complexity index is 855. The van der Waals surface area contributed by atoms with Crippen LogP contribution in [0, 0.1) is 21.4 Å². The number of nitriles is 1. The van der Waals surface area contributed by atoms with E-state index in [1.54, 1.807) is 19.1 Å². The molecule has 1 N–H and O–H groups in total. The topological polar surface area (TPSA) is 105 Å². The summed E-state index contributed by atoms with van der Waals surface area (Å²) in [6, 6.07) is 8.29. The lowest BCUT2D eigenvalue weighted by atomic mass is 9.81. The summed E-state index contributed by atoms with van der Waals surface area (Å²) in [6.45, 7) is 6.27. The molecule has 0 unspecified atom stereocenters. The molecule has 0 aromatic heterocycles. The molecule has 1 aliphatic heterocycles. The molecule has 7 nitrogen and oxygen atoms in total. The zero-order valence-corrected chi connectivity index (χ0v) is 16.3. The van der Waals surface area contributed by atoms with Gasteiger partial charge in [-0.3, -0.25) is 14.9 Å².